The lowest BCUT2D eigenvalue weighted by Gasteiger charge is -2.10. The van der Waals surface area contributed by atoms with E-state index in [2.05, 4.69) is 25.1 Å². The van der Waals surface area contributed by atoms with Crippen LogP contribution in [0.15, 0.2) is 41.6 Å². The van der Waals surface area contributed by atoms with Crippen LogP contribution >= 0.6 is 0 Å². The molecule has 2 heterocycles. The molecular weight excluding hydrogens is 390 g/mol. The first kappa shape index (κ1) is 19.8. The molecular formula is C17H18F2N6O2S. The number of aromatic nitrogens is 4. The van der Waals surface area contributed by atoms with Gasteiger partial charge in [-0.1, -0.05) is 0 Å². The molecule has 8 nitrogen and oxygen atoms in total. The zero-order valence-corrected chi connectivity index (χ0v) is 16.0. The van der Waals surface area contributed by atoms with Crippen molar-refractivity contribution < 1.29 is 17.2 Å². The fourth-order valence-corrected chi connectivity index (χ4v) is 3.57. The maximum absolute atomic E-state index is 13.2. The Labute approximate surface area is 160 Å². The fraction of sp³-hybridized carbons (Fsp3) is 0.235. The minimum atomic E-state index is -3.95. The molecule has 11 heteroatoms. The van der Waals surface area contributed by atoms with E-state index in [1.165, 1.54) is 6.33 Å². The van der Waals surface area contributed by atoms with Crippen molar-refractivity contribution in [3.8, 4) is 5.82 Å². The predicted molar refractivity (Wildman–Crippen MR) is 98.7 cm³/mol. The second-order valence-electron chi connectivity index (χ2n) is 6.00. The number of aryl methyl sites for hydroxylation is 2. The minimum Gasteiger partial charge on any atom is -0.369 e. The van der Waals surface area contributed by atoms with Gasteiger partial charge in [-0.3, -0.25) is 0 Å². The number of hydrogen-bond donors (Lipinski definition) is 2. The van der Waals surface area contributed by atoms with Gasteiger partial charge in [-0.15, -0.1) is 0 Å². The van der Waals surface area contributed by atoms with Crippen LogP contribution in [0.4, 0.5) is 14.6 Å². The van der Waals surface area contributed by atoms with E-state index >= 15 is 0 Å². The fourth-order valence-electron chi connectivity index (χ4n) is 2.52. The summed E-state index contributed by atoms with van der Waals surface area (Å²) in [5.74, 6) is -1.27. The Balaban J connectivity index is 1.60. The number of hydrogen-bond acceptors (Lipinski definition) is 6. The average molecular weight is 408 g/mol. The van der Waals surface area contributed by atoms with Crippen LogP contribution in [0.2, 0.25) is 0 Å². The molecule has 0 aliphatic carbocycles. The monoisotopic (exact) mass is 408 g/mol. The molecule has 0 aliphatic rings. The van der Waals surface area contributed by atoms with Crippen LogP contribution in [0, 0.1) is 25.5 Å². The summed E-state index contributed by atoms with van der Waals surface area (Å²) < 4.78 is 54.4. The van der Waals surface area contributed by atoms with Gasteiger partial charge in [-0.05, 0) is 38.1 Å². The first-order chi connectivity index (χ1) is 13.3. The summed E-state index contributed by atoms with van der Waals surface area (Å²) in [6, 6.07) is 6.00. The number of nitrogens with one attached hydrogen (secondary N) is 2. The van der Waals surface area contributed by atoms with Gasteiger partial charge in [0.05, 0.1) is 10.6 Å². The van der Waals surface area contributed by atoms with Crippen molar-refractivity contribution in [3.05, 3.63) is 59.7 Å². The Morgan fingerprint density at radius 2 is 1.82 bits per heavy atom. The highest BCUT2D eigenvalue weighted by Crippen LogP contribution is 2.14. The largest absolute Gasteiger partial charge is 0.369 e. The summed E-state index contributed by atoms with van der Waals surface area (Å²) in [6.45, 7) is 4.02. The molecule has 0 spiro atoms. The van der Waals surface area contributed by atoms with Crippen molar-refractivity contribution in [2.24, 2.45) is 0 Å². The molecule has 148 valence electrons. The van der Waals surface area contributed by atoms with E-state index in [-0.39, 0.29) is 18.0 Å². The third-order valence-corrected chi connectivity index (χ3v) is 5.26. The van der Waals surface area contributed by atoms with Crippen molar-refractivity contribution in [2.45, 2.75) is 18.7 Å². The number of benzene rings is 1. The van der Waals surface area contributed by atoms with Crippen LogP contribution in [-0.4, -0.2) is 41.3 Å². The molecule has 2 N–H and O–H groups in total. The molecule has 0 saturated carbocycles. The summed E-state index contributed by atoms with van der Waals surface area (Å²) in [5, 5.41) is 7.32. The molecule has 0 atom stereocenters. The van der Waals surface area contributed by atoms with Crippen LogP contribution in [0.1, 0.15) is 11.4 Å². The zero-order valence-electron chi connectivity index (χ0n) is 15.1. The van der Waals surface area contributed by atoms with E-state index in [1.54, 1.807) is 10.7 Å². The van der Waals surface area contributed by atoms with Gasteiger partial charge in [0.25, 0.3) is 0 Å². The molecule has 0 radical (unpaired) electrons. The minimum absolute atomic E-state index is 0.0145. The molecule has 0 amide bonds. The van der Waals surface area contributed by atoms with Crippen LogP contribution in [0.5, 0.6) is 0 Å². The van der Waals surface area contributed by atoms with Crippen molar-refractivity contribution in [1.29, 1.82) is 0 Å². The zero-order chi connectivity index (χ0) is 20.3. The standard InChI is InChI=1S/C17H18F2N6O2S/c1-11-7-12(2)25(24-11)17-9-16(21-10-22-17)20-5-6-23-28(26,27)13-3-4-14(18)15(19)8-13/h3-4,7-10,23H,5-6H2,1-2H3,(H,20,21,22). The predicted octanol–water partition coefficient (Wildman–Crippen LogP) is 1.95. The van der Waals surface area contributed by atoms with E-state index in [0.29, 0.717) is 17.7 Å². The smallest absolute Gasteiger partial charge is 0.240 e. The quantitative estimate of drug-likeness (QED) is 0.580. The molecule has 0 unspecified atom stereocenters. The van der Waals surface area contributed by atoms with Crippen LogP contribution < -0.4 is 10.0 Å². The van der Waals surface area contributed by atoms with Gasteiger partial charge in [0, 0.05) is 24.8 Å². The molecule has 3 aromatic rings. The maximum atomic E-state index is 13.2. The van der Waals surface area contributed by atoms with Crippen molar-refractivity contribution in [1.82, 2.24) is 24.5 Å². The molecule has 3 rings (SSSR count). The van der Waals surface area contributed by atoms with Crippen molar-refractivity contribution in [3.63, 3.8) is 0 Å². The first-order valence-corrected chi connectivity index (χ1v) is 9.79. The van der Waals surface area contributed by atoms with E-state index in [1.807, 2.05) is 19.9 Å². The third kappa shape index (κ3) is 4.49. The van der Waals surface area contributed by atoms with Gasteiger partial charge in [0.2, 0.25) is 10.0 Å². The van der Waals surface area contributed by atoms with Crippen molar-refractivity contribution >= 4 is 15.8 Å². The van der Waals surface area contributed by atoms with Gasteiger partial charge in [-0.2, -0.15) is 5.10 Å². The summed E-state index contributed by atoms with van der Waals surface area (Å²) in [6.07, 6.45) is 1.37. The summed E-state index contributed by atoms with van der Waals surface area (Å²) in [7, 11) is -3.95. The van der Waals surface area contributed by atoms with Gasteiger partial charge < -0.3 is 5.32 Å². The lowest BCUT2D eigenvalue weighted by molar-refractivity contribution is 0.504. The second kappa shape index (κ2) is 7.98. The Hall–Kier alpha value is -2.92. The molecule has 0 saturated heterocycles. The summed E-state index contributed by atoms with van der Waals surface area (Å²) in [4.78, 5) is 7.91. The van der Waals surface area contributed by atoms with Gasteiger partial charge in [0.15, 0.2) is 17.5 Å². The average Bonchev–Trinajstić information content (AvgIpc) is 2.99. The number of rotatable bonds is 7. The van der Waals surface area contributed by atoms with Crippen LogP contribution in [-0.2, 0) is 10.0 Å². The molecule has 0 aliphatic heterocycles. The van der Waals surface area contributed by atoms with E-state index in [9.17, 15) is 17.2 Å². The maximum Gasteiger partial charge on any atom is 0.240 e. The van der Waals surface area contributed by atoms with Gasteiger partial charge in [-0.25, -0.2) is 36.6 Å². The molecule has 0 fully saturated rings. The highest BCUT2D eigenvalue weighted by molar-refractivity contribution is 7.89. The molecule has 2 aromatic heterocycles. The second-order valence-corrected chi connectivity index (χ2v) is 7.77. The van der Waals surface area contributed by atoms with Gasteiger partial charge >= 0.3 is 0 Å². The van der Waals surface area contributed by atoms with E-state index in [4.69, 9.17) is 0 Å². The van der Waals surface area contributed by atoms with Crippen LogP contribution in [0.3, 0.4) is 0 Å². The Morgan fingerprint density at radius 1 is 1.04 bits per heavy atom. The Kier molecular flexibility index (Phi) is 5.66. The first-order valence-electron chi connectivity index (χ1n) is 8.30. The van der Waals surface area contributed by atoms with E-state index < -0.39 is 21.7 Å². The summed E-state index contributed by atoms with van der Waals surface area (Å²) in [5.41, 5.74) is 1.78. The van der Waals surface area contributed by atoms with Crippen LogP contribution in [0.25, 0.3) is 5.82 Å². The number of halogens is 2. The highest BCUT2D eigenvalue weighted by Gasteiger charge is 2.16. The van der Waals surface area contributed by atoms with Crippen molar-refractivity contribution in [2.75, 3.05) is 18.4 Å². The normalized spacial score (nSPS) is 11.6. The SMILES string of the molecule is Cc1cc(C)n(-c2cc(NCCNS(=O)(=O)c3ccc(F)c(F)c3)ncn2)n1. The molecule has 0 bridgehead atoms. The molecule has 28 heavy (non-hydrogen) atoms. The highest BCUT2D eigenvalue weighted by atomic mass is 32.2. The Morgan fingerprint density at radius 3 is 2.50 bits per heavy atom. The van der Waals surface area contributed by atoms with E-state index in [0.717, 1.165) is 23.5 Å². The number of anilines is 1. The lowest BCUT2D eigenvalue weighted by atomic mass is 10.3. The lowest BCUT2D eigenvalue weighted by Crippen LogP contribution is -2.29. The number of nitrogens with zero attached hydrogens (tertiary/aromatic N) is 4. The molecule has 1 aromatic carbocycles. The Bertz CT molecular complexity index is 1100. The third-order valence-electron chi connectivity index (χ3n) is 3.80. The van der Waals surface area contributed by atoms with Gasteiger partial charge in [0.1, 0.15) is 12.1 Å². The number of sulfonamides is 1. The summed E-state index contributed by atoms with van der Waals surface area (Å²) >= 11 is 0. The topological polar surface area (TPSA) is 102 Å².